The highest BCUT2D eigenvalue weighted by Crippen LogP contribution is 2.29. The third-order valence-electron chi connectivity index (χ3n) is 4.71. The van der Waals surface area contributed by atoms with Gasteiger partial charge in [-0.2, -0.15) is 0 Å². The van der Waals surface area contributed by atoms with Gasteiger partial charge in [-0.25, -0.2) is 0 Å². The van der Waals surface area contributed by atoms with Gasteiger partial charge < -0.3 is 15.0 Å². The Morgan fingerprint density at radius 1 is 1.11 bits per heavy atom. The first kappa shape index (κ1) is 19.5. The van der Waals surface area contributed by atoms with Crippen LogP contribution < -0.4 is 15.0 Å². The molecule has 0 aliphatic carbocycles. The van der Waals surface area contributed by atoms with E-state index in [0.29, 0.717) is 18.9 Å². The molecule has 1 N–H and O–H groups in total. The number of benzene rings is 2. The van der Waals surface area contributed by atoms with Crippen molar-refractivity contribution in [1.82, 2.24) is 4.90 Å². The highest BCUT2D eigenvalue weighted by atomic mass is 35.5. The lowest BCUT2D eigenvalue weighted by Crippen LogP contribution is -2.48. The number of halogens is 1. The van der Waals surface area contributed by atoms with E-state index in [1.54, 1.807) is 0 Å². The van der Waals surface area contributed by atoms with E-state index in [9.17, 15) is 4.79 Å². The number of nitrogens with zero attached hydrogens (tertiary/aromatic N) is 2. The zero-order valence-electron chi connectivity index (χ0n) is 15.9. The van der Waals surface area contributed by atoms with Gasteiger partial charge in [0.2, 0.25) is 5.91 Å². The molecule has 0 bridgehead atoms. The van der Waals surface area contributed by atoms with Gasteiger partial charge >= 0.3 is 0 Å². The summed E-state index contributed by atoms with van der Waals surface area (Å²) in [5.41, 5.74) is 2.88. The minimum atomic E-state index is -0.0239. The van der Waals surface area contributed by atoms with Crippen LogP contribution in [0.4, 0.5) is 11.4 Å². The quantitative estimate of drug-likeness (QED) is 0.818. The average Bonchev–Trinajstić information content (AvgIpc) is 2.66. The van der Waals surface area contributed by atoms with Crippen molar-refractivity contribution in [3.8, 4) is 5.75 Å². The number of para-hydroxylation sites is 2. The Morgan fingerprint density at radius 2 is 1.85 bits per heavy atom. The number of ether oxygens (including phenoxy) is 1. The van der Waals surface area contributed by atoms with E-state index >= 15 is 0 Å². The van der Waals surface area contributed by atoms with Crippen molar-refractivity contribution in [2.45, 2.75) is 13.8 Å². The lowest BCUT2D eigenvalue weighted by molar-refractivity contribution is -0.117. The van der Waals surface area contributed by atoms with E-state index in [4.69, 9.17) is 16.3 Å². The fraction of sp³-hybridized carbons (Fsp3) is 0.381. The van der Waals surface area contributed by atoms with Gasteiger partial charge in [-0.05, 0) is 37.6 Å². The van der Waals surface area contributed by atoms with Gasteiger partial charge in [0.05, 0.1) is 29.5 Å². The summed E-state index contributed by atoms with van der Waals surface area (Å²) in [5, 5.41) is 3.78. The van der Waals surface area contributed by atoms with Crippen LogP contribution in [0.3, 0.4) is 0 Å². The molecule has 0 unspecified atom stereocenters. The Balaban J connectivity index is 1.53. The molecule has 1 fully saturated rings. The standard InChI is InChI=1S/C21H26ClN3O2/c1-3-27-19-10-5-4-8-17(19)23-20(26)15-24-11-13-25(14-12-24)18-9-6-7-16(2)21(18)22/h4-10H,3,11-15H2,1-2H3,(H,23,26). The molecule has 3 rings (SSSR count). The number of carbonyl (C=O) groups is 1. The maximum atomic E-state index is 12.4. The molecule has 0 atom stereocenters. The van der Waals surface area contributed by atoms with Crippen LogP contribution >= 0.6 is 11.6 Å². The molecule has 0 saturated carbocycles. The summed E-state index contributed by atoms with van der Waals surface area (Å²) in [7, 11) is 0. The molecule has 6 heteroatoms. The number of aryl methyl sites for hydroxylation is 1. The van der Waals surface area contributed by atoms with Crippen LogP contribution in [-0.4, -0.2) is 50.1 Å². The van der Waals surface area contributed by atoms with Gasteiger partial charge in [-0.3, -0.25) is 9.69 Å². The van der Waals surface area contributed by atoms with Crippen molar-refractivity contribution in [2.24, 2.45) is 0 Å². The molecule has 0 aromatic heterocycles. The van der Waals surface area contributed by atoms with Gasteiger partial charge in [0.25, 0.3) is 0 Å². The number of amides is 1. The third kappa shape index (κ3) is 4.93. The second kappa shape index (κ2) is 9.11. The van der Waals surface area contributed by atoms with Crippen LogP contribution in [0.5, 0.6) is 5.75 Å². The predicted octanol–water partition coefficient (Wildman–Crippen LogP) is 3.81. The maximum absolute atomic E-state index is 12.4. The normalized spacial score (nSPS) is 14.9. The van der Waals surface area contributed by atoms with E-state index < -0.39 is 0 Å². The Bertz CT molecular complexity index is 789. The summed E-state index contributed by atoms with van der Waals surface area (Å²) in [6.07, 6.45) is 0. The summed E-state index contributed by atoms with van der Waals surface area (Å²) in [4.78, 5) is 16.9. The number of nitrogens with one attached hydrogen (secondary N) is 1. The molecule has 5 nitrogen and oxygen atoms in total. The van der Waals surface area contributed by atoms with E-state index in [-0.39, 0.29) is 5.91 Å². The smallest absolute Gasteiger partial charge is 0.238 e. The fourth-order valence-electron chi connectivity index (χ4n) is 3.27. The van der Waals surface area contributed by atoms with Crippen molar-refractivity contribution < 1.29 is 9.53 Å². The van der Waals surface area contributed by atoms with Gasteiger partial charge in [0.1, 0.15) is 5.75 Å². The zero-order chi connectivity index (χ0) is 19.2. The lowest BCUT2D eigenvalue weighted by Gasteiger charge is -2.36. The Hall–Kier alpha value is -2.24. The number of hydrogen-bond donors (Lipinski definition) is 1. The minimum Gasteiger partial charge on any atom is -0.492 e. The topological polar surface area (TPSA) is 44.8 Å². The summed E-state index contributed by atoms with van der Waals surface area (Å²) in [5.74, 6) is 0.677. The summed E-state index contributed by atoms with van der Waals surface area (Å²) in [6, 6.07) is 13.6. The van der Waals surface area contributed by atoms with Crippen molar-refractivity contribution in [3.05, 3.63) is 53.1 Å². The molecule has 2 aromatic carbocycles. The molecule has 1 amide bonds. The second-order valence-electron chi connectivity index (χ2n) is 6.65. The Labute approximate surface area is 165 Å². The summed E-state index contributed by atoms with van der Waals surface area (Å²) >= 11 is 6.45. The van der Waals surface area contributed by atoms with Crippen LogP contribution in [-0.2, 0) is 4.79 Å². The fourth-order valence-corrected chi connectivity index (χ4v) is 3.51. The molecule has 27 heavy (non-hydrogen) atoms. The van der Waals surface area contributed by atoms with Crippen molar-refractivity contribution in [3.63, 3.8) is 0 Å². The summed E-state index contributed by atoms with van der Waals surface area (Å²) < 4.78 is 5.56. The first-order valence-corrected chi connectivity index (χ1v) is 9.70. The molecule has 1 heterocycles. The molecular formula is C21H26ClN3O2. The molecule has 2 aromatic rings. The molecular weight excluding hydrogens is 362 g/mol. The molecule has 1 saturated heterocycles. The number of rotatable bonds is 6. The monoisotopic (exact) mass is 387 g/mol. The predicted molar refractivity (Wildman–Crippen MR) is 111 cm³/mol. The second-order valence-corrected chi connectivity index (χ2v) is 7.03. The van der Waals surface area contributed by atoms with Gasteiger partial charge in [0, 0.05) is 26.2 Å². The van der Waals surface area contributed by atoms with E-state index in [0.717, 1.165) is 48.1 Å². The van der Waals surface area contributed by atoms with Crippen LogP contribution in [0.15, 0.2) is 42.5 Å². The van der Waals surface area contributed by atoms with Crippen LogP contribution in [0.1, 0.15) is 12.5 Å². The van der Waals surface area contributed by atoms with Gasteiger partial charge in [-0.1, -0.05) is 35.9 Å². The van der Waals surface area contributed by atoms with E-state index in [2.05, 4.69) is 21.2 Å². The molecule has 0 spiro atoms. The van der Waals surface area contributed by atoms with Crippen molar-refractivity contribution >= 4 is 28.9 Å². The van der Waals surface area contributed by atoms with Gasteiger partial charge in [0.15, 0.2) is 0 Å². The Morgan fingerprint density at radius 3 is 2.59 bits per heavy atom. The average molecular weight is 388 g/mol. The first-order valence-electron chi connectivity index (χ1n) is 9.32. The van der Waals surface area contributed by atoms with Crippen molar-refractivity contribution in [1.29, 1.82) is 0 Å². The van der Waals surface area contributed by atoms with Crippen molar-refractivity contribution in [2.75, 3.05) is 49.5 Å². The number of piperazine rings is 1. The lowest BCUT2D eigenvalue weighted by atomic mass is 10.2. The van der Waals surface area contributed by atoms with E-state index in [1.807, 2.05) is 50.2 Å². The number of anilines is 2. The Kier molecular flexibility index (Phi) is 6.58. The SMILES string of the molecule is CCOc1ccccc1NC(=O)CN1CCN(c2cccc(C)c2Cl)CC1. The highest BCUT2D eigenvalue weighted by molar-refractivity contribution is 6.34. The van der Waals surface area contributed by atoms with Gasteiger partial charge in [-0.15, -0.1) is 0 Å². The highest BCUT2D eigenvalue weighted by Gasteiger charge is 2.21. The van der Waals surface area contributed by atoms with Crippen LogP contribution in [0.2, 0.25) is 5.02 Å². The van der Waals surface area contributed by atoms with Crippen LogP contribution in [0, 0.1) is 6.92 Å². The molecule has 0 radical (unpaired) electrons. The molecule has 1 aliphatic heterocycles. The third-order valence-corrected chi connectivity index (χ3v) is 5.20. The summed E-state index contributed by atoms with van der Waals surface area (Å²) in [6.45, 7) is 8.24. The minimum absolute atomic E-state index is 0.0239. The largest absolute Gasteiger partial charge is 0.492 e. The number of hydrogen-bond acceptors (Lipinski definition) is 4. The molecule has 1 aliphatic rings. The zero-order valence-corrected chi connectivity index (χ0v) is 16.6. The first-order chi connectivity index (χ1) is 13.1. The molecule has 144 valence electrons. The maximum Gasteiger partial charge on any atom is 0.238 e. The van der Waals surface area contributed by atoms with Crippen LogP contribution in [0.25, 0.3) is 0 Å². The number of carbonyl (C=O) groups excluding carboxylic acids is 1. The van der Waals surface area contributed by atoms with E-state index in [1.165, 1.54) is 0 Å².